The summed E-state index contributed by atoms with van der Waals surface area (Å²) in [5, 5.41) is 0. The van der Waals surface area contributed by atoms with Gasteiger partial charge >= 0.3 is 0 Å². The van der Waals surface area contributed by atoms with E-state index < -0.39 is 6.43 Å². The molecule has 5 heteroatoms. The second kappa shape index (κ2) is 4.71. The maximum atomic E-state index is 12.6. The third-order valence-corrected chi connectivity index (χ3v) is 2.65. The Labute approximate surface area is 97.5 Å². The van der Waals surface area contributed by atoms with Crippen molar-refractivity contribution >= 4 is 11.0 Å². The van der Waals surface area contributed by atoms with Gasteiger partial charge in [-0.25, -0.2) is 13.8 Å². The number of alkyl halides is 2. The fourth-order valence-corrected chi connectivity index (χ4v) is 1.64. The van der Waals surface area contributed by atoms with Crippen molar-refractivity contribution < 1.29 is 13.5 Å². The normalized spacial score (nSPS) is 13.2. The molecule has 0 fully saturated rings. The van der Waals surface area contributed by atoms with E-state index in [-0.39, 0.29) is 11.8 Å². The second-order valence-electron chi connectivity index (χ2n) is 3.68. The predicted octanol–water partition coefficient (Wildman–Crippen LogP) is 3.27. The lowest BCUT2D eigenvalue weighted by Crippen LogP contribution is -2.01. The first-order chi connectivity index (χ1) is 8.13. The van der Waals surface area contributed by atoms with Crippen LogP contribution in [-0.2, 0) is 4.74 Å². The number of methoxy groups -OCH3 is 1. The molecule has 1 unspecified atom stereocenters. The van der Waals surface area contributed by atoms with Crippen LogP contribution in [0.2, 0.25) is 0 Å². The summed E-state index contributed by atoms with van der Waals surface area (Å²) in [6.07, 6.45) is -1.16. The molecule has 2 aromatic rings. The van der Waals surface area contributed by atoms with Crippen molar-refractivity contribution in [2.45, 2.75) is 19.5 Å². The predicted molar refractivity (Wildman–Crippen MR) is 59.9 cm³/mol. The first-order valence-electron chi connectivity index (χ1n) is 5.20. The van der Waals surface area contributed by atoms with Crippen LogP contribution in [0.15, 0.2) is 24.4 Å². The molecule has 0 aromatic carbocycles. The second-order valence-corrected chi connectivity index (χ2v) is 3.68. The van der Waals surface area contributed by atoms with Gasteiger partial charge in [-0.05, 0) is 25.1 Å². The Kier molecular flexibility index (Phi) is 3.28. The number of rotatable bonds is 3. The highest BCUT2D eigenvalue weighted by Crippen LogP contribution is 2.25. The van der Waals surface area contributed by atoms with E-state index in [1.165, 1.54) is 6.07 Å². The molecule has 0 spiro atoms. The quantitative estimate of drug-likeness (QED) is 0.823. The van der Waals surface area contributed by atoms with Crippen LogP contribution in [0.1, 0.15) is 30.7 Å². The third-order valence-electron chi connectivity index (χ3n) is 2.65. The highest BCUT2D eigenvalue weighted by atomic mass is 19.3. The van der Waals surface area contributed by atoms with Crippen LogP contribution in [-0.4, -0.2) is 17.1 Å². The van der Waals surface area contributed by atoms with Gasteiger partial charge < -0.3 is 4.74 Å². The van der Waals surface area contributed by atoms with Gasteiger partial charge in [0.1, 0.15) is 5.69 Å². The van der Waals surface area contributed by atoms with Crippen molar-refractivity contribution in [1.29, 1.82) is 0 Å². The lowest BCUT2D eigenvalue weighted by Gasteiger charge is -2.12. The monoisotopic (exact) mass is 238 g/mol. The van der Waals surface area contributed by atoms with Gasteiger partial charge in [0.15, 0.2) is 0 Å². The maximum Gasteiger partial charge on any atom is 0.280 e. The van der Waals surface area contributed by atoms with E-state index in [0.717, 1.165) is 5.56 Å². The number of hydrogen-bond donors (Lipinski definition) is 0. The highest BCUT2D eigenvalue weighted by Gasteiger charge is 2.14. The molecule has 0 saturated heterocycles. The van der Waals surface area contributed by atoms with Gasteiger partial charge in [-0.15, -0.1) is 0 Å². The molecular weight excluding hydrogens is 226 g/mol. The molecule has 2 aromatic heterocycles. The van der Waals surface area contributed by atoms with Crippen molar-refractivity contribution in [2.24, 2.45) is 0 Å². The number of fused-ring (bicyclic) bond motifs is 1. The average molecular weight is 238 g/mol. The molecule has 0 saturated carbocycles. The van der Waals surface area contributed by atoms with E-state index in [1.807, 2.05) is 6.92 Å². The van der Waals surface area contributed by atoms with E-state index in [4.69, 9.17) is 4.74 Å². The Morgan fingerprint density at radius 3 is 2.65 bits per heavy atom. The maximum absolute atomic E-state index is 12.6. The standard InChI is InChI=1S/C12H12F2N2O/c1-7(17-2)8-5-6-15-9-3-4-10(12(13)14)16-11(8)9/h3-7,12H,1-2H3. The van der Waals surface area contributed by atoms with Crippen LogP contribution in [0.25, 0.3) is 11.0 Å². The number of nitrogens with zero attached hydrogens (tertiary/aromatic N) is 2. The summed E-state index contributed by atoms with van der Waals surface area (Å²) in [6, 6.07) is 4.58. The lowest BCUT2D eigenvalue weighted by molar-refractivity contribution is 0.120. The van der Waals surface area contributed by atoms with Gasteiger partial charge in [-0.2, -0.15) is 0 Å². The fourth-order valence-electron chi connectivity index (χ4n) is 1.64. The van der Waals surface area contributed by atoms with Crippen molar-refractivity contribution in [3.05, 3.63) is 35.7 Å². The van der Waals surface area contributed by atoms with E-state index in [9.17, 15) is 8.78 Å². The SMILES string of the molecule is COC(C)c1ccnc2ccc(C(F)F)nc12. The lowest BCUT2D eigenvalue weighted by atomic mass is 10.1. The Balaban J connectivity index is 2.63. The summed E-state index contributed by atoms with van der Waals surface area (Å²) in [7, 11) is 1.56. The Morgan fingerprint density at radius 1 is 1.24 bits per heavy atom. The topological polar surface area (TPSA) is 35.0 Å². The van der Waals surface area contributed by atoms with Crippen molar-refractivity contribution in [2.75, 3.05) is 7.11 Å². The zero-order valence-corrected chi connectivity index (χ0v) is 9.52. The Hall–Kier alpha value is -1.62. The summed E-state index contributed by atoms with van der Waals surface area (Å²) in [5.74, 6) is 0. The summed E-state index contributed by atoms with van der Waals surface area (Å²) in [5.41, 5.74) is 1.59. The molecule has 0 aliphatic carbocycles. The van der Waals surface area contributed by atoms with Gasteiger partial charge in [0.2, 0.25) is 0 Å². The van der Waals surface area contributed by atoms with E-state index in [1.54, 1.807) is 25.4 Å². The molecule has 0 bridgehead atoms. The van der Waals surface area contributed by atoms with Gasteiger partial charge in [-0.3, -0.25) is 4.98 Å². The largest absolute Gasteiger partial charge is 0.377 e. The number of aromatic nitrogens is 2. The minimum Gasteiger partial charge on any atom is -0.377 e. The van der Waals surface area contributed by atoms with E-state index >= 15 is 0 Å². The van der Waals surface area contributed by atoms with Crippen molar-refractivity contribution in [3.8, 4) is 0 Å². The van der Waals surface area contributed by atoms with E-state index in [0.29, 0.717) is 11.0 Å². The van der Waals surface area contributed by atoms with Crippen LogP contribution in [0.4, 0.5) is 8.78 Å². The van der Waals surface area contributed by atoms with Gasteiger partial charge in [-0.1, -0.05) is 0 Å². The highest BCUT2D eigenvalue weighted by molar-refractivity contribution is 5.78. The van der Waals surface area contributed by atoms with Gasteiger partial charge in [0.05, 0.1) is 17.1 Å². The zero-order chi connectivity index (χ0) is 12.4. The molecular formula is C12H12F2N2O. The zero-order valence-electron chi connectivity index (χ0n) is 9.52. The minimum atomic E-state index is -2.58. The molecule has 1 atom stereocenters. The average Bonchev–Trinajstić information content (AvgIpc) is 2.36. The summed E-state index contributed by atoms with van der Waals surface area (Å²) in [4.78, 5) is 8.05. The first kappa shape index (κ1) is 11.9. The van der Waals surface area contributed by atoms with Crippen LogP contribution >= 0.6 is 0 Å². The van der Waals surface area contributed by atoms with Gasteiger partial charge in [0, 0.05) is 18.9 Å². The van der Waals surface area contributed by atoms with Crippen LogP contribution < -0.4 is 0 Å². The molecule has 0 aliphatic rings. The van der Waals surface area contributed by atoms with Crippen LogP contribution in [0.5, 0.6) is 0 Å². The summed E-state index contributed by atoms with van der Waals surface area (Å²) >= 11 is 0. The minimum absolute atomic E-state index is 0.207. The molecule has 0 amide bonds. The fraction of sp³-hybridized carbons (Fsp3) is 0.333. The first-order valence-corrected chi connectivity index (χ1v) is 5.20. The van der Waals surface area contributed by atoms with E-state index in [2.05, 4.69) is 9.97 Å². The number of ether oxygens (including phenoxy) is 1. The molecule has 2 heterocycles. The summed E-state index contributed by atoms with van der Waals surface area (Å²) in [6.45, 7) is 1.84. The molecule has 2 rings (SSSR count). The van der Waals surface area contributed by atoms with Crippen LogP contribution in [0.3, 0.4) is 0 Å². The molecule has 3 nitrogen and oxygen atoms in total. The molecule has 17 heavy (non-hydrogen) atoms. The molecule has 0 N–H and O–H groups in total. The van der Waals surface area contributed by atoms with Gasteiger partial charge in [0.25, 0.3) is 6.43 Å². The Bertz CT molecular complexity index is 531. The third kappa shape index (κ3) is 2.24. The molecule has 0 radical (unpaired) electrons. The smallest absolute Gasteiger partial charge is 0.280 e. The number of halogens is 2. The van der Waals surface area contributed by atoms with Crippen LogP contribution in [0, 0.1) is 0 Å². The Morgan fingerprint density at radius 2 is 2.00 bits per heavy atom. The molecule has 90 valence electrons. The number of hydrogen-bond acceptors (Lipinski definition) is 3. The summed E-state index contributed by atoms with van der Waals surface area (Å²) < 4.78 is 30.4. The van der Waals surface area contributed by atoms with Crippen molar-refractivity contribution in [3.63, 3.8) is 0 Å². The molecule has 0 aliphatic heterocycles. The number of pyridine rings is 2. The van der Waals surface area contributed by atoms with Crippen molar-refractivity contribution in [1.82, 2.24) is 9.97 Å².